The first kappa shape index (κ1) is 18.2. The van der Waals surface area contributed by atoms with Gasteiger partial charge in [-0.25, -0.2) is 0 Å². The van der Waals surface area contributed by atoms with E-state index in [1.54, 1.807) is 14.2 Å². The summed E-state index contributed by atoms with van der Waals surface area (Å²) < 4.78 is 10.9. The van der Waals surface area contributed by atoms with E-state index in [4.69, 9.17) is 15.2 Å². The highest BCUT2D eigenvalue weighted by Crippen LogP contribution is 2.33. The van der Waals surface area contributed by atoms with Gasteiger partial charge in [-0.15, -0.1) is 0 Å². The van der Waals surface area contributed by atoms with Gasteiger partial charge >= 0.3 is 0 Å². The van der Waals surface area contributed by atoms with Crippen LogP contribution >= 0.6 is 0 Å². The van der Waals surface area contributed by atoms with Crippen LogP contribution in [0.1, 0.15) is 56.1 Å². The lowest BCUT2D eigenvalue weighted by atomic mass is 9.83. The van der Waals surface area contributed by atoms with Gasteiger partial charge in [0.25, 0.3) is 0 Å². The molecule has 2 atom stereocenters. The normalized spacial score (nSPS) is 26.7. The SMILES string of the molecule is COc1ccc2c(c1)[C@](O)(CN)CCCC[C@H](OC)CCCC2. The van der Waals surface area contributed by atoms with Gasteiger partial charge in [0.2, 0.25) is 0 Å². The van der Waals surface area contributed by atoms with Crippen molar-refractivity contribution >= 4 is 0 Å². The summed E-state index contributed by atoms with van der Waals surface area (Å²) in [5, 5.41) is 11.1. The summed E-state index contributed by atoms with van der Waals surface area (Å²) in [6.45, 7) is 0.237. The Labute approximate surface area is 140 Å². The van der Waals surface area contributed by atoms with E-state index in [1.807, 2.05) is 12.1 Å². The van der Waals surface area contributed by atoms with Crippen LogP contribution in [-0.4, -0.2) is 32.0 Å². The molecule has 0 spiro atoms. The summed E-state index contributed by atoms with van der Waals surface area (Å²) in [5.74, 6) is 0.780. The molecule has 2 rings (SSSR count). The number of fused-ring (bicyclic) bond motifs is 1. The fourth-order valence-corrected chi connectivity index (χ4v) is 3.54. The molecular weight excluding hydrogens is 290 g/mol. The third-order valence-electron chi connectivity index (χ3n) is 5.08. The van der Waals surface area contributed by atoms with E-state index in [0.29, 0.717) is 12.5 Å². The minimum Gasteiger partial charge on any atom is -0.497 e. The molecule has 130 valence electrons. The summed E-state index contributed by atoms with van der Waals surface area (Å²) in [5.41, 5.74) is 7.13. The molecule has 0 saturated carbocycles. The van der Waals surface area contributed by atoms with Crippen molar-refractivity contribution in [1.29, 1.82) is 0 Å². The number of aryl methyl sites for hydroxylation is 1. The molecule has 0 heterocycles. The van der Waals surface area contributed by atoms with E-state index in [2.05, 4.69) is 6.07 Å². The van der Waals surface area contributed by atoms with Gasteiger partial charge in [-0.3, -0.25) is 0 Å². The third-order valence-corrected chi connectivity index (χ3v) is 5.08. The highest BCUT2D eigenvalue weighted by atomic mass is 16.5. The highest BCUT2D eigenvalue weighted by molar-refractivity contribution is 5.40. The molecule has 3 N–H and O–H groups in total. The second-order valence-corrected chi connectivity index (χ2v) is 6.61. The Morgan fingerprint density at radius 3 is 2.57 bits per heavy atom. The van der Waals surface area contributed by atoms with Crippen molar-refractivity contribution in [2.45, 2.75) is 63.1 Å². The molecule has 0 aliphatic heterocycles. The molecule has 1 aliphatic carbocycles. The van der Waals surface area contributed by atoms with E-state index < -0.39 is 5.60 Å². The molecular formula is C19H31NO3. The van der Waals surface area contributed by atoms with Gasteiger partial charge in [-0.1, -0.05) is 25.3 Å². The maximum atomic E-state index is 11.1. The maximum absolute atomic E-state index is 11.1. The quantitative estimate of drug-likeness (QED) is 0.897. The number of aliphatic hydroxyl groups is 1. The van der Waals surface area contributed by atoms with Gasteiger partial charge in [0, 0.05) is 13.7 Å². The number of hydrogen-bond acceptors (Lipinski definition) is 4. The molecule has 0 bridgehead atoms. The van der Waals surface area contributed by atoms with Gasteiger partial charge in [-0.2, -0.15) is 0 Å². The standard InChI is InChI=1S/C19H31NO3/c1-22-16-8-4-3-7-15-10-11-17(23-2)13-18(15)19(21,14-20)12-6-5-9-16/h10-11,13,16,21H,3-9,12,14,20H2,1-2H3/t16-,19-/m1/s1. The van der Waals surface area contributed by atoms with E-state index in [9.17, 15) is 5.11 Å². The van der Waals surface area contributed by atoms with E-state index in [1.165, 1.54) is 5.56 Å². The lowest BCUT2D eigenvalue weighted by Gasteiger charge is -2.30. The van der Waals surface area contributed by atoms with Crippen LogP contribution in [0.25, 0.3) is 0 Å². The lowest BCUT2D eigenvalue weighted by Crippen LogP contribution is -2.36. The van der Waals surface area contributed by atoms with Crippen molar-refractivity contribution in [2.24, 2.45) is 5.73 Å². The number of benzene rings is 1. The van der Waals surface area contributed by atoms with E-state index >= 15 is 0 Å². The molecule has 1 aliphatic rings. The van der Waals surface area contributed by atoms with Crippen molar-refractivity contribution < 1.29 is 14.6 Å². The summed E-state index contributed by atoms with van der Waals surface area (Å²) in [4.78, 5) is 0. The average Bonchev–Trinajstić information content (AvgIpc) is 2.59. The third kappa shape index (κ3) is 4.69. The van der Waals surface area contributed by atoms with E-state index in [-0.39, 0.29) is 6.54 Å². The number of methoxy groups -OCH3 is 2. The van der Waals surface area contributed by atoms with Gasteiger partial charge in [-0.05, 0) is 55.4 Å². The van der Waals surface area contributed by atoms with Gasteiger partial charge in [0.1, 0.15) is 11.4 Å². The zero-order chi connectivity index (χ0) is 16.7. The molecule has 23 heavy (non-hydrogen) atoms. The first-order chi connectivity index (χ1) is 11.1. The summed E-state index contributed by atoms with van der Waals surface area (Å²) >= 11 is 0. The molecule has 1 aromatic rings. The second kappa shape index (κ2) is 8.67. The molecule has 4 heteroatoms. The fraction of sp³-hybridized carbons (Fsp3) is 0.684. The number of rotatable bonds is 3. The van der Waals surface area contributed by atoms with Crippen LogP contribution in [0.2, 0.25) is 0 Å². The predicted octanol–water partition coefficient (Wildman–Crippen LogP) is 3.14. The van der Waals surface area contributed by atoms with Crippen LogP contribution < -0.4 is 10.5 Å². The Balaban J connectivity index is 2.28. The zero-order valence-electron chi connectivity index (χ0n) is 14.5. The van der Waals surface area contributed by atoms with Gasteiger partial charge in [0.05, 0.1) is 13.2 Å². The van der Waals surface area contributed by atoms with Crippen molar-refractivity contribution in [3.05, 3.63) is 29.3 Å². The molecule has 0 unspecified atom stereocenters. The monoisotopic (exact) mass is 321 g/mol. The average molecular weight is 321 g/mol. The maximum Gasteiger partial charge on any atom is 0.119 e. The van der Waals surface area contributed by atoms with Gasteiger partial charge < -0.3 is 20.3 Å². The first-order valence-electron chi connectivity index (χ1n) is 8.75. The van der Waals surface area contributed by atoms with Crippen LogP contribution in [0.4, 0.5) is 0 Å². The Kier molecular flexibility index (Phi) is 6.88. The Morgan fingerprint density at radius 2 is 1.91 bits per heavy atom. The Bertz CT molecular complexity index is 492. The topological polar surface area (TPSA) is 64.7 Å². The Morgan fingerprint density at radius 1 is 1.17 bits per heavy atom. The molecule has 0 fully saturated rings. The van der Waals surface area contributed by atoms with Crippen LogP contribution in [-0.2, 0) is 16.8 Å². The summed E-state index contributed by atoms with van der Waals surface area (Å²) in [7, 11) is 3.46. The molecule has 0 amide bonds. The molecule has 0 aromatic heterocycles. The fourth-order valence-electron chi connectivity index (χ4n) is 3.54. The van der Waals surface area contributed by atoms with Crippen LogP contribution in [0, 0.1) is 0 Å². The smallest absolute Gasteiger partial charge is 0.119 e. The predicted molar refractivity (Wildman–Crippen MR) is 92.8 cm³/mol. The van der Waals surface area contributed by atoms with Gasteiger partial charge in [0.15, 0.2) is 0 Å². The minimum absolute atomic E-state index is 0.237. The molecule has 4 nitrogen and oxygen atoms in total. The van der Waals surface area contributed by atoms with Crippen LogP contribution in [0.15, 0.2) is 18.2 Å². The summed E-state index contributed by atoms with van der Waals surface area (Å²) in [6.07, 6.45) is 8.40. The molecule has 0 radical (unpaired) electrons. The molecule has 1 aromatic carbocycles. The van der Waals surface area contributed by atoms with Crippen molar-refractivity contribution in [1.82, 2.24) is 0 Å². The summed E-state index contributed by atoms with van der Waals surface area (Å²) in [6, 6.07) is 6.01. The Hall–Kier alpha value is -1.10. The van der Waals surface area contributed by atoms with Crippen molar-refractivity contribution in [3.63, 3.8) is 0 Å². The second-order valence-electron chi connectivity index (χ2n) is 6.61. The molecule has 0 saturated heterocycles. The number of nitrogens with two attached hydrogens (primary N) is 1. The van der Waals surface area contributed by atoms with Crippen LogP contribution in [0.5, 0.6) is 5.75 Å². The first-order valence-corrected chi connectivity index (χ1v) is 8.75. The largest absolute Gasteiger partial charge is 0.497 e. The lowest BCUT2D eigenvalue weighted by molar-refractivity contribution is 0.0294. The minimum atomic E-state index is -0.967. The number of ether oxygens (including phenoxy) is 2. The number of hydrogen-bond donors (Lipinski definition) is 2. The zero-order valence-corrected chi connectivity index (χ0v) is 14.5. The van der Waals surface area contributed by atoms with E-state index in [0.717, 1.165) is 56.3 Å². The van der Waals surface area contributed by atoms with Crippen molar-refractivity contribution in [2.75, 3.05) is 20.8 Å². The highest BCUT2D eigenvalue weighted by Gasteiger charge is 2.30. The van der Waals surface area contributed by atoms with Crippen molar-refractivity contribution in [3.8, 4) is 5.75 Å². The van der Waals surface area contributed by atoms with Crippen LogP contribution in [0.3, 0.4) is 0 Å².